The lowest BCUT2D eigenvalue weighted by Crippen LogP contribution is -2.49. The second-order valence-electron chi connectivity index (χ2n) is 7.18. The van der Waals surface area contributed by atoms with Crippen LogP contribution in [0.25, 0.3) is 0 Å². The van der Waals surface area contributed by atoms with Gasteiger partial charge in [-0.1, -0.05) is 35.4 Å². The van der Waals surface area contributed by atoms with Crippen molar-refractivity contribution in [2.45, 2.75) is 37.0 Å². The Morgan fingerprint density at radius 1 is 0.828 bits per heavy atom. The summed E-state index contributed by atoms with van der Waals surface area (Å²) in [4.78, 5) is 2.02. The van der Waals surface area contributed by atoms with Crippen LogP contribution >= 0.6 is 0 Å². The molecular formula is C20H25N3O4S2. The second kappa shape index (κ2) is 8.25. The van der Waals surface area contributed by atoms with E-state index in [4.69, 9.17) is 0 Å². The third-order valence-corrected chi connectivity index (χ3v) is 8.07. The van der Waals surface area contributed by atoms with Gasteiger partial charge in [-0.15, -0.1) is 4.40 Å². The molecule has 0 atom stereocenters. The van der Waals surface area contributed by atoms with Gasteiger partial charge in [0.1, 0.15) is 5.84 Å². The van der Waals surface area contributed by atoms with Crippen LogP contribution in [0.2, 0.25) is 0 Å². The van der Waals surface area contributed by atoms with Crippen LogP contribution in [-0.4, -0.2) is 51.6 Å². The number of benzene rings is 2. The second-order valence-corrected chi connectivity index (χ2v) is 10.7. The maximum Gasteiger partial charge on any atom is 0.283 e. The van der Waals surface area contributed by atoms with Gasteiger partial charge in [-0.25, -0.2) is 8.42 Å². The third kappa shape index (κ3) is 4.85. The molecule has 1 heterocycles. The van der Waals surface area contributed by atoms with E-state index in [2.05, 4.69) is 4.40 Å². The minimum atomic E-state index is -3.86. The number of hydrogen-bond donors (Lipinski definition) is 0. The molecule has 0 amide bonds. The van der Waals surface area contributed by atoms with Gasteiger partial charge < -0.3 is 4.90 Å². The first kappa shape index (κ1) is 21.5. The number of nitrogens with zero attached hydrogens (tertiary/aromatic N) is 3. The highest BCUT2D eigenvalue weighted by Gasteiger charge is 2.30. The SMILES string of the molecule is CC(=NS(=O)(=O)c1ccc(C)cc1)N1CCCN(S(=O)(=O)c2ccc(C)cc2)C1. The number of amidine groups is 1. The Morgan fingerprint density at radius 2 is 1.34 bits per heavy atom. The minimum absolute atomic E-state index is 0.0644. The molecule has 0 N–H and O–H groups in total. The number of rotatable bonds is 4. The summed E-state index contributed by atoms with van der Waals surface area (Å²) in [6, 6.07) is 13.2. The van der Waals surface area contributed by atoms with Gasteiger partial charge in [0.05, 0.1) is 16.5 Å². The molecule has 0 spiro atoms. The van der Waals surface area contributed by atoms with E-state index in [0.29, 0.717) is 19.5 Å². The van der Waals surface area contributed by atoms with Crippen molar-refractivity contribution in [1.82, 2.24) is 9.21 Å². The molecule has 7 nitrogen and oxygen atoms in total. The Labute approximate surface area is 172 Å². The van der Waals surface area contributed by atoms with Crippen LogP contribution in [-0.2, 0) is 20.0 Å². The molecule has 0 saturated carbocycles. The van der Waals surface area contributed by atoms with Crippen LogP contribution in [0.5, 0.6) is 0 Å². The Bertz CT molecular complexity index is 1110. The topological polar surface area (TPSA) is 87.1 Å². The summed E-state index contributed by atoms with van der Waals surface area (Å²) in [5, 5.41) is 0. The summed E-state index contributed by atoms with van der Waals surface area (Å²) in [5.74, 6) is 0.273. The lowest BCUT2D eigenvalue weighted by molar-refractivity contribution is 0.222. The Balaban J connectivity index is 1.81. The van der Waals surface area contributed by atoms with Crippen LogP contribution in [0.15, 0.2) is 62.7 Å². The largest absolute Gasteiger partial charge is 0.346 e. The van der Waals surface area contributed by atoms with Gasteiger partial charge in [0.15, 0.2) is 0 Å². The molecule has 9 heteroatoms. The lowest BCUT2D eigenvalue weighted by Gasteiger charge is -2.35. The zero-order valence-corrected chi connectivity index (χ0v) is 18.4. The molecular weight excluding hydrogens is 410 g/mol. The Hall–Kier alpha value is -2.23. The fraction of sp³-hybridized carbons (Fsp3) is 0.350. The van der Waals surface area contributed by atoms with Gasteiger partial charge in [0.2, 0.25) is 10.0 Å². The monoisotopic (exact) mass is 435 g/mol. The van der Waals surface area contributed by atoms with Crippen LogP contribution in [0.1, 0.15) is 24.5 Å². The Morgan fingerprint density at radius 3 is 1.90 bits per heavy atom. The van der Waals surface area contributed by atoms with Gasteiger partial charge in [0, 0.05) is 13.1 Å². The first-order chi connectivity index (χ1) is 13.6. The van der Waals surface area contributed by atoms with E-state index < -0.39 is 20.0 Å². The van der Waals surface area contributed by atoms with E-state index in [0.717, 1.165) is 11.1 Å². The highest BCUT2D eigenvalue weighted by atomic mass is 32.2. The average molecular weight is 436 g/mol. The summed E-state index contributed by atoms with van der Waals surface area (Å²) in [5.41, 5.74) is 1.94. The van der Waals surface area contributed by atoms with Crippen molar-refractivity contribution in [2.75, 3.05) is 19.8 Å². The van der Waals surface area contributed by atoms with Gasteiger partial charge in [-0.05, 0) is 51.5 Å². The van der Waals surface area contributed by atoms with Crippen molar-refractivity contribution in [1.29, 1.82) is 0 Å². The molecule has 3 rings (SSSR count). The third-order valence-electron chi connectivity index (χ3n) is 4.85. The van der Waals surface area contributed by atoms with Crippen molar-refractivity contribution in [2.24, 2.45) is 4.40 Å². The molecule has 1 saturated heterocycles. The van der Waals surface area contributed by atoms with Gasteiger partial charge in [-0.3, -0.25) is 0 Å². The minimum Gasteiger partial charge on any atom is -0.346 e. The smallest absolute Gasteiger partial charge is 0.283 e. The van der Waals surface area contributed by atoms with E-state index in [1.165, 1.54) is 16.4 Å². The highest BCUT2D eigenvalue weighted by Crippen LogP contribution is 2.21. The molecule has 1 aliphatic rings. The maximum absolute atomic E-state index is 12.9. The van der Waals surface area contributed by atoms with Crippen molar-refractivity contribution in [3.8, 4) is 0 Å². The molecule has 0 aliphatic carbocycles. The molecule has 0 bridgehead atoms. The molecule has 2 aromatic carbocycles. The summed E-state index contributed by atoms with van der Waals surface area (Å²) < 4.78 is 56.3. The van der Waals surface area contributed by atoms with Crippen molar-refractivity contribution in [3.05, 3.63) is 59.7 Å². The zero-order chi connectivity index (χ0) is 21.2. The lowest BCUT2D eigenvalue weighted by atomic mass is 10.2. The number of sulfonamides is 2. The van der Waals surface area contributed by atoms with Gasteiger partial charge >= 0.3 is 0 Å². The first-order valence-electron chi connectivity index (χ1n) is 9.29. The number of aryl methyl sites for hydroxylation is 2. The summed E-state index contributed by atoms with van der Waals surface area (Å²) in [6.07, 6.45) is 0.586. The molecule has 29 heavy (non-hydrogen) atoms. The molecule has 0 radical (unpaired) electrons. The maximum atomic E-state index is 12.9. The van der Waals surface area contributed by atoms with Crippen LogP contribution in [0.4, 0.5) is 0 Å². The van der Waals surface area contributed by atoms with E-state index >= 15 is 0 Å². The van der Waals surface area contributed by atoms with Gasteiger partial charge in [0.25, 0.3) is 10.0 Å². The number of hydrogen-bond acceptors (Lipinski definition) is 4. The zero-order valence-electron chi connectivity index (χ0n) is 16.7. The van der Waals surface area contributed by atoms with Crippen molar-refractivity contribution in [3.63, 3.8) is 0 Å². The van der Waals surface area contributed by atoms with Crippen LogP contribution in [0.3, 0.4) is 0 Å². The predicted octanol–water partition coefficient (Wildman–Crippen LogP) is 2.76. The predicted molar refractivity (Wildman–Crippen MR) is 113 cm³/mol. The average Bonchev–Trinajstić information content (AvgIpc) is 2.68. The molecule has 2 aromatic rings. The first-order valence-corrected chi connectivity index (χ1v) is 12.2. The van der Waals surface area contributed by atoms with Gasteiger partial charge in [-0.2, -0.15) is 12.7 Å². The van der Waals surface area contributed by atoms with E-state index in [-0.39, 0.29) is 22.3 Å². The quantitative estimate of drug-likeness (QED) is 0.544. The fourth-order valence-electron chi connectivity index (χ4n) is 3.08. The standard InChI is InChI=1S/C20H25N3O4S2/c1-16-5-9-19(10-6-16)28(24,25)21-18(3)22-13-4-14-23(15-22)29(26,27)20-11-7-17(2)8-12-20/h5-12H,4,13-15H2,1-3H3. The molecule has 156 valence electrons. The van der Waals surface area contributed by atoms with E-state index in [1.54, 1.807) is 48.2 Å². The molecule has 0 unspecified atom stereocenters. The highest BCUT2D eigenvalue weighted by molar-refractivity contribution is 7.90. The fourth-order valence-corrected chi connectivity index (χ4v) is 5.57. The summed E-state index contributed by atoms with van der Waals surface area (Å²) in [7, 11) is -7.52. The summed E-state index contributed by atoms with van der Waals surface area (Å²) in [6.45, 7) is 6.35. The van der Waals surface area contributed by atoms with E-state index in [9.17, 15) is 16.8 Å². The van der Waals surface area contributed by atoms with Crippen LogP contribution in [0, 0.1) is 13.8 Å². The van der Waals surface area contributed by atoms with Crippen LogP contribution < -0.4 is 0 Å². The molecule has 1 fully saturated rings. The van der Waals surface area contributed by atoms with E-state index in [1.807, 2.05) is 13.8 Å². The summed E-state index contributed by atoms with van der Waals surface area (Å²) >= 11 is 0. The molecule has 1 aliphatic heterocycles. The molecule has 0 aromatic heterocycles. The van der Waals surface area contributed by atoms with Crippen molar-refractivity contribution < 1.29 is 16.8 Å². The normalized spacial score (nSPS) is 16.8. The van der Waals surface area contributed by atoms with Crippen molar-refractivity contribution >= 4 is 25.9 Å². The Kier molecular flexibility index (Phi) is 6.11.